The summed E-state index contributed by atoms with van der Waals surface area (Å²) in [6.07, 6.45) is 1.35. The molecule has 0 amide bonds. The molecule has 2 N–H and O–H groups in total. The van der Waals surface area contributed by atoms with E-state index >= 15 is 0 Å². The van der Waals surface area contributed by atoms with E-state index in [4.69, 9.17) is 5.11 Å². The number of fused-ring (bicyclic) bond motifs is 1. The van der Waals surface area contributed by atoms with E-state index in [9.17, 15) is 13.6 Å². The smallest absolute Gasteiger partial charge is 0.338 e. The number of aromatic carboxylic acids is 1. The van der Waals surface area contributed by atoms with Gasteiger partial charge in [-0.1, -0.05) is 0 Å². The van der Waals surface area contributed by atoms with E-state index in [1.54, 1.807) is 0 Å². The van der Waals surface area contributed by atoms with Gasteiger partial charge in [0, 0.05) is 11.6 Å². The van der Waals surface area contributed by atoms with Crippen LogP contribution in [0.2, 0.25) is 0 Å². The quantitative estimate of drug-likeness (QED) is 0.735. The normalized spacial score (nSPS) is 10.7. The second kappa shape index (κ2) is 2.80. The van der Waals surface area contributed by atoms with Gasteiger partial charge in [0.1, 0.15) is 11.6 Å². The molecule has 2 rings (SSSR count). The molecule has 0 saturated carbocycles. The van der Waals surface area contributed by atoms with Crippen LogP contribution in [0.15, 0.2) is 18.3 Å². The molecule has 5 heteroatoms. The Morgan fingerprint density at radius 3 is 2.79 bits per heavy atom. The minimum absolute atomic E-state index is 0.0208. The monoisotopic (exact) mass is 197 g/mol. The molecule has 1 aromatic carbocycles. The maximum Gasteiger partial charge on any atom is 0.338 e. The van der Waals surface area contributed by atoms with Crippen LogP contribution in [-0.2, 0) is 0 Å². The molecule has 0 radical (unpaired) electrons. The molecular weight excluding hydrogens is 192 g/mol. The molecule has 0 fully saturated rings. The van der Waals surface area contributed by atoms with Crippen molar-refractivity contribution in [1.29, 1.82) is 0 Å². The van der Waals surface area contributed by atoms with Gasteiger partial charge in [0.05, 0.1) is 11.1 Å². The molecule has 1 heterocycles. The van der Waals surface area contributed by atoms with Crippen molar-refractivity contribution in [1.82, 2.24) is 4.98 Å². The van der Waals surface area contributed by atoms with Crippen LogP contribution < -0.4 is 0 Å². The Balaban J connectivity index is 2.88. The highest BCUT2D eigenvalue weighted by Gasteiger charge is 2.17. The molecule has 3 nitrogen and oxygen atoms in total. The topological polar surface area (TPSA) is 53.1 Å². The van der Waals surface area contributed by atoms with Gasteiger partial charge in [0.2, 0.25) is 0 Å². The van der Waals surface area contributed by atoms with E-state index in [0.29, 0.717) is 6.07 Å². The third-order valence-corrected chi connectivity index (χ3v) is 1.96. The van der Waals surface area contributed by atoms with Crippen LogP contribution in [0, 0.1) is 11.6 Å². The number of halogens is 2. The third-order valence-electron chi connectivity index (χ3n) is 1.96. The lowest BCUT2D eigenvalue weighted by Crippen LogP contribution is -2.01. The van der Waals surface area contributed by atoms with Gasteiger partial charge in [-0.05, 0) is 12.1 Å². The van der Waals surface area contributed by atoms with Gasteiger partial charge >= 0.3 is 5.97 Å². The standard InChI is InChI=1S/C9H5F2NO2/c10-6-3-5(9(13)14)7(11)4-1-2-12-8(4)6/h1-3,12H,(H,13,14). The van der Waals surface area contributed by atoms with Crippen molar-refractivity contribution in [3.8, 4) is 0 Å². The van der Waals surface area contributed by atoms with Crippen LogP contribution in [0.5, 0.6) is 0 Å². The summed E-state index contributed by atoms with van der Waals surface area (Å²) in [6.45, 7) is 0. The van der Waals surface area contributed by atoms with E-state index in [2.05, 4.69) is 4.98 Å². The highest BCUT2D eigenvalue weighted by atomic mass is 19.1. The number of nitrogens with one attached hydrogen (secondary N) is 1. The number of aromatic amines is 1. The minimum atomic E-state index is -1.48. The SMILES string of the molecule is O=C(O)c1cc(F)c2[nH]ccc2c1F. The van der Waals surface area contributed by atoms with Gasteiger partial charge in [-0.3, -0.25) is 0 Å². The lowest BCUT2D eigenvalue weighted by molar-refractivity contribution is 0.0691. The summed E-state index contributed by atoms with van der Waals surface area (Å²) >= 11 is 0. The molecule has 72 valence electrons. The maximum atomic E-state index is 13.4. The van der Waals surface area contributed by atoms with Gasteiger partial charge in [0.15, 0.2) is 0 Å². The molecule has 14 heavy (non-hydrogen) atoms. The number of H-pyrrole nitrogens is 1. The zero-order valence-corrected chi connectivity index (χ0v) is 6.84. The van der Waals surface area contributed by atoms with E-state index in [-0.39, 0.29) is 10.9 Å². The average Bonchev–Trinajstić information content (AvgIpc) is 2.59. The summed E-state index contributed by atoms with van der Waals surface area (Å²) in [6, 6.07) is 1.96. The van der Waals surface area contributed by atoms with E-state index < -0.39 is 23.2 Å². The molecule has 0 saturated heterocycles. The Kier molecular flexibility index (Phi) is 1.73. The summed E-state index contributed by atoms with van der Waals surface area (Å²) in [7, 11) is 0. The Morgan fingerprint density at radius 2 is 2.14 bits per heavy atom. The molecular formula is C9H5F2NO2. The fourth-order valence-electron chi connectivity index (χ4n) is 1.31. The predicted molar refractivity (Wildman–Crippen MR) is 45.2 cm³/mol. The van der Waals surface area contributed by atoms with Gasteiger partial charge < -0.3 is 10.1 Å². The van der Waals surface area contributed by atoms with Crippen molar-refractivity contribution in [2.75, 3.05) is 0 Å². The Labute approximate surface area is 77.0 Å². The molecule has 1 aromatic heterocycles. The fraction of sp³-hybridized carbons (Fsp3) is 0. The average molecular weight is 197 g/mol. The summed E-state index contributed by atoms with van der Waals surface area (Å²) in [4.78, 5) is 13.0. The zero-order valence-electron chi connectivity index (χ0n) is 6.84. The number of aromatic nitrogens is 1. The van der Waals surface area contributed by atoms with E-state index in [1.807, 2.05) is 0 Å². The van der Waals surface area contributed by atoms with Gasteiger partial charge in [-0.2, -0.15) is 0 Å². The van der Waals surface area contributed by atoms with Crippen molar-refractivity contribution in [3.63, 3.8) is 0 Å². The second-order valence-electron chi connectivity index (χ2n) is 2.79. The fourth-order valence-corrected chi connectivity index (χ4v) is 1.31. The van der Waals surface area contributed by atoms with Crippen LogP contribution in [0.1, 0.15) is 10.4 Å². The maximum absolute atomic E-state index is 13.4. The Bertz CT molecular complexity index is 519. The molecule has 0 aliphatic heterocycles. The lowest BCUT2D eigenvalue weighted by Gasteiger charge is -1.99. The molecule has 0 bridgehead atoms. The van der Waals surface area contributed by atoms with Crippen LogP contribution in [0.4, 0.5) is 8.78 Å². The van der Waals surface area contributed by atoms with Crippen molar-refractivity contribution in [3.05, 3.63) is 35.5 Å². The number of hydrogen-bond acceptors (Lipinski definition) is 1. The molecule has 2 aromatic rings. The van der Waals surface area contributed by atoms with Gasteiger partial charge in [-0.25, -0.2) is 13.6 Å². The van der Waals surface area contributed by atoms with Crippen LogP contribution in [-0.4, -0.2) is 16.1 Å². The second-order valence-corrected chi connectivity index (χ2v) is 2.79. The molecule has 0 unspecified atom stereocenters. The van der Waals surface area contributed by atoms with Crippen LogP contribution in [0.3, 0.4) is 0 Å². The van der Waals surface area contributed by atoms with Gasteiger partial charge in [0.25, 0.3) is 0 Å². The van der Waals surface area contributed by atoms with Crippen LogP contribution in [0.25, 0.3) is 10.9 Å². The summed E-state index contributed by atoms with van der Waals surface area (Å²) < 4.78 is 26.5. The third kappa shape index (κ3) is 1.06. The number of rotatable bonds is 1. The van der Waals surface area contributed by atoms with Crippen molar-refractivity contribution < 1.29 is 18.7 Å². The highest BCUT2D eigenvalue weighted by molar-refractivity contribution is 5.94. The Morgan fingerprint density at radius 1 is 1.43 bits per heavy atom. The van der Waals surface area contributed by atoms with E-state index in [0.717, 1.165) is 0 Å². The predicted octanol–water partition coefficient (Wildman–Crippen LogP) is 2.14. The molecule has 0 aliphatic rings. The lowest BCUT2D eigenvalue weighted by atomic mass is 10.1. The molecule has 0 spiro atoms. The van der Waals surface area contributed by atoms with Gasteiger partial charge in [-0.15, -0.1) is 0 Å². The van der Waals surface area contributed by atoms with Crippen LogP contribution >= 0.6 is 0 Å². The minimum Gasteiger partial charge on any atom is -0.478 e. The van der Waals surface area contributed by atoms with Crippen molar-refractivity contribution in [2.45, 2.75) is 0 Å². The highest BCUT2D eigenvalue weighted by Crippen LogP contribution is 2.23. The molecule has 0 atom stereocenters. The number of benzene rings is 1. The summed E-state index contributed by atoms with van der Waals surface area (Å²) in [5, 5.41) is 8.52. The van der Waals surface area contributed by atoms with E-state index in [1.165, 1.54) is 12.3 Å². The Hall–Kier alpha value is -1.91. The summed E-state index contributed by atoms with van der Waals surface area (Å²) in [5.41, 5.74) is -0.679. The number of carboxylic acids is 1. The number of hydrogen-bond donors (Lipinski definition) is 2. The first-order valence-electron chi connectivity index (χ1n) is 3.79. The molecule has 0 aliphatic carbocycles. The first kappa shape index (κ1) is 8.68. The summed E-state index contributed by atoms with van der Waals surface area (Å²) in [5.74, 6) is -3.18. The largest absolute Gasteiger partial charge is 0.478 e. The number of carbonyl (C=O) groups is 1. The first-order chi connectivity index (χ1) is 6.61. The van der Waals surface area contributed by atoms with Crippen molar-refractivity contribution >= 4 is 16.9 Å². The first-order valence-corrected chi connectivity index (χ1v) is 3.79. The number of carboxylic acid groups (broad SMARTS) is 1. The zero-order chi connectivity index (χ0) is 10.3. The van der Waals surface area contributed by atoms with Crippen molar-refractivity contribution in [2.24, 2.45) is 0 Å².